The van der Waals surface area contributed by atoms with Gasteiger partial charge in [0.25, 0.3) is 5.91 Å². The molecule has 0 atom stereocenters. The normalized spacial score (nSPS) is 28.3. The van der Waals surface area contributed by atoms with Gasteiger partial charge in [0.05, 0.1) is 6.54 Å². The number of benzene rings is 1. The Labute approximate surface area is 131 Å². The number of hydrogen-bond acceptors (Lipinski definition) is 2. The monoisotopic (exact) mass is 300 g/mol. The number of urea groups is 1. The van der Waals surface area contributed by atoms with Gasteiger partial charge in [0.2, 0.25) is 0 Å². The third-order valence-corrected chi connectivity index (χ3v) is 5.00. The molecule has 3 rings (SSSR count). The van der Waals surface area contributed by atoms with Gasteiger partial charge < -0.3 is 5.32 Å². The minimum atomic E-state index is -0.636. The van der Waals surface area contributed by atoms with Crippen molar-refractivity contribution >= 4 is 11.9 Å². The van der Waals surface area contributed by atoms with Crippen molar-refractivity contribution in [3.05, 3.63) is 34.9 Å². The highest BCUT2D eigenvalue weighted by Crippen LogP contribution is 2.36. The molecule has 1 aliphatic carbocycles. The molecule has 118 valence electrons. The van der Waals surface area contributed by atoms with Crippen molar-refractivity contribution in [1.29, 1.82) is 0 Å². The molecule has 0 bridgehead atoms. The van der Waals surface area contributed by atoms with E-state index < -0.39 is 5.54 Å². The van der Waals surface area contributed by atoms with E-state index in [1.807, 2.05) is 26.0 Å². The van der Waals surface area contributed by atoms with E-state index in [1.165, 1.54) is 4.90 Å². The zero-order valence-corrected chi connectivity index (χ0v) is 13.6. The number of carbonyl (C=O) groups is 2. The maximum absolute atomic E-state index is 12.8. The van der Waals surface area contributed by atoms with Gasteiger partial charge in [-0.2, -0.15) is 0 Å². The van der Waals surface area contributed by atoms with E-state index in [2.05, 4.69) is 18.3 Å². The van der Waals surface area contributed by atoms with Gasteiger partial charge in [-0.05, 0) is 51.0 Å². The van der Waals surface area contributed by atoms with Crippen LogP contribution in [0, 0.1) is 19.8 Å². The average Bonchev–Trinajstić information content (AvgIpc) is 2.66. The molecule has 3 amide bonds. The number of carbonyl (C=O) groups excluding carboxylic acids is 2. The molecule has 1 aromatic rings. The van der Waals surface area contributed by atoms with Crippen molar-refractivity contribution in [3.8, 4) is 0 Å². The van der Waals surface area contributed by atoms with Crippen LogP contribution >= 0.6 is 0 Å². The Bertz CT molecular complexity index is 595. The lowest BCUT2D eigenvalue weighted by Crippen LogP contribution is -2.49. The van der Waals surface area contributed by atoms with Crippen LogP contribution in [-0.4, -0.2) is 22.4 Å². The summed E-state index contributed by atoms with van der Waals surface area (Å²) in [5, 5.41) is 2.98. The fraction of sp³-hybridized carbons (Fsp3) is 0.556. The summed E-state index contributed by atoms with van der Waals surface area (Å²) in [4.78, 5) is 26.5. The van der Waals surface area contributed by atoms with Crippen molar-refractivity contribution < 1.29 is 9.59 Å². The molecule has 0 radical (unpaired) electrons. The molecule has 0 unspecified atom stereocenters. The summed E-state index contributed by atoms with van der Waals surface area (Å²) in [6.45, 7) is 6.64. The van der Waals surface area contributed by atoms with Crippen molar-refractivity contribution in [2.45, 2.75) is 58.5 Å². The molecule has 1 heterocycles. The highest BCUT2D eigenvalue weighted by Gasteiger charge is 2.51. The first-order valence-corrected chi connectivity index (χ1v) is 8.11. The number of imide groups is 1. The van der Waals surface area contributed by atoms with E-state index >= 15 is 0 Å². The number of nitrogens with one attached hydrogen (secondary N) is 1. The van der Waals surface area contributed by atoms with Crippen molar-refractivity contribution in [3.63, 3.8) is 0 Å². The zero-order valence-electron chi connectivity index (χ0n) is 13.6. The van der Waals surface area contributed by atoms with Gasteiger partial charge >= 0.3 is 6.03 Å². The quantitative estimate of drug-likeness (QED) is 0.852. The molecule has 1 saturated heterocycles. The van der Waals surface area contributed by atoms with Crippen LogP contribution in [0.2, 0.25) is 0 Å². The minimum Gasteiger partial charge on any atom is -0.323 e. The second-order valence-electron chi connectivity index (χ2n) is 7.08. The first kappa shape index (κ1) is 15.1. The van der Waals surface area contributed by atoms with Crippen LogP contribution < -0.4 is 5.32 Å². The maximum Gasteiger partial charge on any atom is 0.325 e. The van der Waals surface area contributed by atoms with Crippen LogP contribution in [0.25, 0.3) is 0 Å². The SMILES string of the molecule is Cc1cc(C)cc(CN2C(=O)NC3(CCC(C)CC3)C2=O)c1. The van der Waals surface area contributed by atoms with E-state index in [-0.39, 0.29) is 11.9 Å². The van der Waals surface area contributed by atoms with Gasteiger partial charge in [-0.3, -0.25) is 9.69 Å². The van der Waals surface area contributed by atoms with E-state index in [9.17, 15) is 9.59 Å². The van der Waals surface area contributed by atoms with Crippen molar-refractivity contribution in [1.82, 2.24) is 10.2 Å². The number of rotatable bonds is 2. The Morgan fingerprint density at radius 2 is 1.73 bits per heavy atom. The molecule has 1 aliphatic heterocycles. The summed E-state index contributed by atoms with van der Waals surface area (Å²) in [6.07, 6.45) is 3.54. The van der Waals surface area contributed by atoms with Crippen molar-refractivity contribution in [2.75, 3.05) is 0 Å². The summed E-state index contributed by atoms with van der Waals surface area (Å²) >= 11 is 0. The van der Waals surface area contributed by atoms with E-state index in [0.29, 0.717) is 12.5 Å². The van der Waals surface area contributed by atoms with Gasteiger partial charge in [0.15, 0.2) is 0 Å². The minimum absolute atomic E-state index is 0.0384. The van der Waals surface area contributed by atoms with E-state index in [0.717, 1.165) is 42.4 Å². The fourth-order valence-corrected chi connectivity index (χ4v) is 3.76. The Kier molecular flexibility index (Phi) is 3.71. The van der Waals surface area contributed by atoms with Crippen LogP contribution in [0.15, 0.2) is 18.2 Å². The van der Waals surface area contributed by atoms with Crippen LogP contribution in [0.4, 0.5) is 4.79 Å². The lowest BCUT2D eigenvalue weighted by Gasteiger charge is -2.33. The lowest BCUT2D eigenvalue weighted by atomic mass is 9.77. The second kappa shape index (κ2) is 5.41. The highest BCUT2D eigenvalue weighted by atomic mass is 16.2. The van der Waals surface area contributed by atoms with Gasteiger partial charge in [0, 0.05) is 0 Å². The summed E-state index contributed by atoms with van der Waals surface area (Å²) in [6, 6.07) is 5.95. The lowest BCUT2D eigenvalue weighted by molar-refractivity contribution is -0.133. The van der Waals surface area contributed by atoms with Crippen LogP contribution in [0.1, 0.15) is 49.3 Å². The van der Waals surface area contributed by atoms with Crippen LogP contribution in [0.5, 0.6) is 0 Å². The Morgan fingerprint density at radius 3 is 2.32 bits per heavy atom. The Hall–Kier alpha value is -1.84. The maximum atomic E-state index is 12.8. The van der Waals surface area contributed by atoms with Crippen molar-refractivity contribution in [2.24, 2.45) is 5.92 Å². The summed E-state index contributed by atoms with van der Waals surface area (Å²) in [5.41, 5.74) is 2.69. The Morgan fingerprint density at radius 1 is 1.14 bits per heavy atom. The average molecular weight is 300 g/mol. The third-order valence-electron chi connectivity index (χ3n) is 5.00. The molecule has 22 heavy (non-hydrogen) atoms. The molecule has 1 aromatic carbocycles. The van der Waals surface area contributed by atoms with Crippen LogP contribution in [-0.2, 0) is 11.3 Å². The van der Waals surface area contributed by atoms with Gasteiger partial charge in [-0.15, -0.1) is 0 Å². The molecule has 1 N–H and O–H groups in total. The molecule has 1 saturated carbocycles. The zero-order chi connectivity index (χ0) is 15.9. The third kappa shape index (κ3) is 2.62. The van der Waals surface area contributed by atoms with Gasteiger partial charge in [0.1, 0.15) is 5.54 Å². The van der Waals surface area contributed by atoms with E-state index in [4.69, 9.17) is 0 Å². The molecule has 0 aromatic heterocycles. The number of nitrogens with zero attached hydrogens (tertiary/aromatic N) is 1. The first-order valence-electron chi connectivity index (χ1n) is 8.11. The molecule has 4 heteroatoms. The van der Waals surface area contributed by atoms with Gasteiger partial charge in [-0.1, -0.05) is 36.2 Å². The highest BCUT2D eigenvalue weighted by molar-refractivity contribution is 6.07. The molecule has 2 fully saturated rings. The second-order valence-corrected chi connectivity index (χ2v) is 7.08. The molecule has 4 nitrogen and oxygen atoms in total. The number of hydrogen-bond donors (Lipinski definition) is 1. The van der Waals surface area contributed by atoms with Gasteiger partial charge in [-0.25, -0.2) is 4.79 Å². The molecule has 1 spiro atoms. The summed E-state index contributed by atoms with van der Waals surface area (Å²) < 4.78 is 0. The first-order chi connectivity index (χ1) is 10.4. The predicted molar refractivity (Wildman–Crippen MR) is 85.4 cm³/mol. The standard InChI is InChI=1S/C18H24N2O2/c1-12-4-6-18(7-5-12)16(21)20(17(22)19-18)11-15-9-13(2)8-14(3)10-15/h8-10,12H,4-7,11H2,1-3H3,(H,19,22). The summed E-state index contributed by atoms with van der Waals surface area (Å²) in [7, 11) is 0. The molecular weight excluding hydrogens is 276 g/mol. The van der Waals surface area contributed by atoms with Crippen LogP contribution in [0.3, 0.4) is 0 Å². The predicted octanol–water partition coefficient (Wildman–Crippen LogP) is 3.30. The smallest absolute Gasteiger partial charge is 0.323 e. The number of amides is 3. The number of aryl methyl sites for hydroxylation is 2. The fourth-order valence-electron chi connectivity index (χ4n) is 3.76. The molecular formula is C18H24N2O2. The summed E-state index contributed by atoms with van der Waals surface area (Å²) in [5.74, 6) is 0.604. The largest absolute Gasteiger partial charge is 0.325 e. The topological polar surface area (TPSA) is 49.4 Å². The molecule has 2 aliphatic rings. The Balaban J connectivity index is 1.80. The van der Waals surface area contributed by atoms with E-state index in [1.54, 1.807) is 0 Å².